The van der Waals surface area contributed by atoms with E-state index in [0.29, 0.717) is 25.6 Å². The summed E-state index contributed by atoms with van der Waals surface area (Å²) >= 11 is 0. The third kappa shape index (κ3) is 5.83. The highest BCUT2D eigenvalue weighted by molar-refractivity contribution is 5.85. The summed E-state index contributed by atoms with van der Waals surface area (Å²) in [6, 6.07) is 8.04. The zero-order chi connectivity index (χ0) is 15.1. The fourth-order valence-corrected chi connectivity index (χ4v) is 2.31. The molecule has 0 aromatic heterocycles. The summed E-state index contributed by atoms with van der Waals surface area (Å²) in [5.41, 5.74) is 1.14. The fourth-order valence-electron chi connectivity index (χ4n) is 2.31. The molecule has 1 amide bonds. The highest BCUT2D eigenvalue weighted by atomic mass is 35.5. The third-order valence-electron chi connectivity index (χ3n) is 3.65. The summed E-state index contributed by atoms with van der Waals surface area (Å²) in [6.45, 7) is 1.61. The molecular weight excluding hydrogens is 304 g/mol. The van der Waals surface area contributed by atoms with Gasteiger partial charge in [-0.05, 0) is 36.5 Å². The molecule has 0 bridgehead atoms. The second-order valence-electron chi connectivity index (χ2n) is 5.33. The molecule has 0 aliphatic heterocycles. The van der Waals surface area contributed by atoms with Gasteiger partial charge in [-0.25, -0.2) is 0 Å². The van der Waals surface area contributed by atoms with Crippen molar-refractivity contribution < 1.29 is 14.3 Å². The van der Waals surface area contributed by atoms with Crippen LogP contribution in [0.2, 0.25) is 0 Å². The molecule has 0 spiro atoms. The maximum atomic E-state index is 12.0. The molecule has 1 aliphatic carbocycles. The Labute approximate surface area is 138 Å². The second kappa shape index (κ2) is 9.66. The normalized spacial score (nSPS) is 14.8. The van der Waals surface area contributed by atoms with Crippen molar-refractivity contribution in [1.29, 1.82) is 0 Å². The molecule has 1 saturated carbocycles. The van der Waals surface area contributed by atoms with Gasteiger partial charge in [-0.3, -0.25) is 4.79 Å². The van der Waals surface area contributed by atoms with E-state index >= 15 is 0 Å². The summed E-state index contributed by atoms with van der Waals surface area (Å²) in [5, 5.41) is 6.19. The number of halogens is 1. The van der Waals surface area contributed by atoms with Gasteiger partial charge in [0, 0.05) is 13.7 Å². The molecule has 5 nitrogen and oxygen atoms in total. The molecule has 2 N–H and O–H groups in total. The number of benzene rings is 1. The molecule has 1 atom stereocenters. The first-order valence-electron chi connectivity index (χ1n) is 7.37. The summed E-state index contributed by atoms with van der Waals surface area (Å²) in [7, 11) is 3.30. The van der Waals surface area contributed by atoms with Gasteiger partial charge >= 0.3 is 0 Å². The Morgan fingerprint density at radius 2 is 1.95 bits per heavy atom. The lowest BCUT2D eigenvalue weighted by Crippen LogP contribution is -2.38. The van der Waals surface area contributed by atoms with Crippen molar-refractivity contribution in [3.63, 3.8) is 0 Å². The Kier molecular flexibility index (Phi) is 8.24. The van der Waals surface area contributed by atoms with Crippen LogP contribution in [0.25, 0.3) is 0 Å². The minimum Gasteiger partial charge on any atom is -0.497 e. The van der Waals surface area contributed by atoms with Gasteiger partial charge in [0.05, 0.1) is 26.3 Å². The van der Waals surface area contributed by atoms with E-state index in [-0.39, 0.29) is 24.4 Å². The van der Waals surface area contributed by atoms with Crippen LogP contribution in [0.4, 0.5) is 0 Å². The number of methoxy groups -OCH3 is 2. The van der Waals surface area contributed by atoms with E-state index in [1.165, 1.54) is 12.8 Å². The summed E-state index contributed by atoms with van der Waals surface area (Å²) in [5.74, 6) is 1.42. The van der Waals surface area contributed by atoms with Gasteiger partial charge in [-0.1, -0.05) is 12.1 Å². The van der Waals surface area contributed by atoms with Gasteiger partial charge in [-0.2, -0.15) is 0 Å². The van der Waals surface area contributed by atoms with Crippen molar-refractivity contribution >= 4 is 18.3 Å². The smallest absolute Gasteiger partial charge is 0.234 e. The highest BCUT2D eigenvalue weighted by Crippen LogP contribution is 2.41. The van der Waals surface area contributed by atoms with Crippen molar-refractivity contribution in [3.8, 4) is 5.75 Å². The first-order valence-corrected chi connectivity index (χ1v) is 7.37. The summed E-state index contributed by atoms with van der Waals surface area (Å²) in [6.07, 6.45) is 2.35. The number of hydrogen-bond donors (Lipinski definition) is 2. The Bertz CT molecular complexity index is 449. The van der Waals surface area contributed by atoms with Crippen molar-refractivity contribution in [2.45, 2.75) is 18.9 Å². The van der Waals surface area contributed by atoms with E-state index in [9.17, 15) is 4.79 Å². The van der Waals surface area contributed by atoms with Crippen LogP contribution in [0.5, 0.6) is 5.75 Å². The molecule has 1 aliphatic rings. The number of amides is 1. The largest absolute Gasteiger partial charge is 0.497 e. The summed E-state index contributed by atoms with van der Waals surface area (Å²) in [4.78, 5) is 12.0. The number of hydrogen-bond acceptors (Lipinski definition) is 4. The van der Waals surface area contributed by atoms with Gasteiger partial charge in [0.25, 0.3) is 0 Å². The molecule has 1 unspecified atom stereocenters. The van der Waals surface area contributed by atoms with Crippen molar-refractivity contribution in [2.75, 3.05) is 33.9 Å². The lowest BCUT2D eigenvalue weighted by Gasteiger charge is -2.19. The van der Waals surface area contributed by atoms with Crippen molar-refractivity contribution in [1.82, 2.24) is 10.6 Å². The standard InChI is InChI=1S/C16H24N2O3.ClH/c1-20-10-9-17-11-15(19)18-16(12-3-4-12)13-5-7-14(21-2)8-6-13;/h5-8,12,16-17H,3-4,9-11H2,1-2H3,(H,18,19);1H. The van der Waals surface area contributed by atoms with Crippen LogP contribution in [-0.2, 0) is 9.53 Å². The molecule has 6 heteroatoms. The van der Waals surface area contributed by atoms with Gasteiger partial charge in [0.2, 0.25) is 5.91 Å². The predicted molar refractivity (Wildman–Crippen MR) is 88.6 cm³/mol. The van der Waals surface area contributed by atoms with Crippen molar-refractivity contribution in [3.05, 3.63) is 29.8 Å². The molecule has 2 rings (SSSR count). The van der Waals surface area contributed by atoms with Crippen LogP contribution in [-0.4, -0.2) is 39.8 Å². The molecule has 1 fully saturated rings. The topological polar surface area (TPSA) is 59.6 Å². The monoisotopic (exact) mass is 328 g/mol. The fraction of sp³-hybridized carbons (Fsp3) is 0.562. The van der Waals surface area contributed by atoms with Gasteiger partial charge in [0.1, 0.15) is 5.75 Å². The molecule has 0 heterocycles. The number of carbonyl (C=O) groups is 1. The maximum Gasteiger partial charge on any atom is 0.234 e. The van der Waals surface area contributed by atoms with E-state index in [2.05, 4.69) is 10.6 Å². The Hall–Kier alpha value is -1.30. The Morgan fingerprint density at radius 1 is 1.27 bits per heavy atom. The number of rotatable bonds is 9. The lowest BCUT2D eigenvalue weighted by atomic mass is 10.0. The van der Waals surface area contributed by atoms with E-state index < -0.39 is 0 Å². The van der Waals surface area contributed by atoms with Crippen LogP contribution in [0.1, 0.15) is 24.4 Å². The zero-order valence-corrected chi connectivity index (χ0v) is 13.9. The SMILES string of the molecule is COCCNCC(=O)NC(c1ccc(OC)cc1)C1CC1.Cl. The average molecular weight is 329 g/mol. The quantitative estimate of drug-likeness (QED) is 0.680. The van der Waals surface area contributed by atoms with Gasteiger partial charge in [0.15, 0.2) is 0 Å². The van der Waals surface area contributed by atoms with Crippen LogP contribution < -0.4 is 15.4 Å². The zero-order valence-electron chi connectivity index (χ0n) is 13.1. The molecular formula is C16H25ClN2O3. The van der Waals surface area contributed by atoms with Gasteiger partial charge in [-0.15, -0.1) is 12.4 Å². The Morgan fingerprint density at radius 3 is 2.50 bits per heavy atom. The van der Waals surface area contributed by atoms with Crippen LogP contribution >= 0.6 is 12.4 Å². The average Bonchev–Trinajstić information content (AvgIpc) is 3.34. The number of ether oxygens (including phenoxy) is 2. The second-order valence-corrected chi connectivity index (χ2v) is 5.33. The Balaban J connectivity index is 0.00000242. The predicted octanol–water partition coefficient (Wildman–Crippen LogP) is 1.92. The minimum atomic E-state index is 0. The first kappa shape index (κ1) is 18.7. The first-order chi connectivity index (χ1) is 10.2. The lowest BCUT2D eigenvalue weighted by molar-refractivity contribution is -0.121. The van der Waals surface area contributed by atoms with Gasteiger partial charge < -0.3 is 20.1 Å². The molecule has 124 valence electrons. The molecule has 1 aromatic rings. The maximum absolute atomic E-state index is 12.0. The van der Waals surface area contributed by atoms with E-state index in [4.69, 9.17) is 9.47 Å². The summed E-state index contributed by atoms with van der Waals surface area (Å²) < 4.78 is 10.1. The van der Waals surface area contributed by atoms with Crippen LogP contribution in [0, 0.1) is 5.92 Å². The molecule has 1 aromatic carbocycles. The molecule has 0 radical (unpaired) electrons. The van der Waals surface area contributed by atoms with Crippen molar-refractivity contribution in [2.24, 2.45) is 5.92 Å². The molecule has 0 saturated heterocycles. The van der Waals surface area contributed by atoms with E-state index in [1.807, 2.05) is 24.3 Å². The van der Waals surface area contributed by atoms with Crippen LogP contribution in [0.3, 0.4) is 0 Å². The third-order valence-corrected chi connectivity index (χ3v) is 3.65. The highest BCUT2D eigenvalue weighted by Gasteiger charge is 2.33. The number of carbonyl (C=O) groups excluding carboxylic acids is 1. The van der Waals surface area contributed by atoms with E-state index in [0.717, 1.165) is 11.3 Å². The van der Waals surface area contributed by atoms with Crippen LogP contribution in [0.15, 0.2) is 24.3 Å². The number of nitrogens with one attached hydrogen (secondary N) is 2. The van der Waals surface area contributed by atoms with E-state index in [1.54, 1.807) is 14.2 Å². The minimum absolute atomic E-state index is 0. The molecule has 22 heavy (non-hydrogen) atoms.